The summed E-state index contributed by atoms with van der Waals surface area (Å²) < 4.78 is 5.56. The quantitative estimate of drug-likeness (QED) is 0.154. The molecule has 9 heteroatoms. The number of urea groups is 1. The molecule has 3 atom stereocenters. The van der Waals surface area contributed by atoms with Gasteiger partial charge in [0.1, 0.15) is 5.78 Å². The molecule has 0 spiro atoms. The first-order valence-corrected chi connectivity index (χ1v) is 13.4. The van der Waals surface area contributed by atoms with Crippen molar-refractivity contribution in [1.29, 1.82) is 0 Å². The van der Waals surface area contributed by atoms with E-state index in [0.29, 0.717) is 56.1 Å². The van der Waals surface area contributed by atoms with Crippen molar-refractivity contribution in [3.05, 3.63) is 35.4 Å². The number of hydrogen-bond acceptors (Lipinski definition) is 7. The summed E-state index contributed by atoms with van der Waals surface area (Å²) in [6.07, 6.45) is 5.57. The number of amides is 2. The number of ether oxygens (including phenoxy) is 1. The van der Waals surface area contributed by atoms with Gasteiger partial charge >= 0.3 is 6.03 Å². The number of hydrogen-bond donors (Lipinski definition) is 2. The number of benzene rings is 1. The third-order valence-electron chi connectivity index (χ3n) is 6.36. The molecule has 0 aliphatic carbocycles. The fourth-order valence-electron chi connectivity index (χ4n) is 4.40. The van der Waals surface area contributed by atoms with Gasteiger partial charge in [0.25, 0.3) is 0 Å². The number of rotatable bonds is 16. The molecule has 2 saturated heterocycles. The first-order valence-electron chi connectivity index (χ1n) is 12.3. The van der Waals surface area contributed by atoms with Crippen LogP contribution in [0.4, 0.5) is 4.79 Å². The molecule has 2 aliphatic rings. The van der Waals surface area contributed by atoms with E-state index >= 15 is 0 Å². The Kier molecular flexibility index (Phi) is 10.5. The molecule has 2 N–H and O–H groups in total. The van der Waals surface area contributed by atoms with E-state index in [4.69, 9.17) is 4.74 Å². The largest absolute Gasteiger partial charge is 0.381 e. The smallest absolute Gasteiger partial charge is 0.315 e. The summed E-state index contributed by atoms with van der Waals surface area (Å²) in [6, 6.07) is 6.54. The summed E-state index contributed by atoms with van der Waals surface area (Å²) in [5.74, 6) is 0.0827. The van der Waals surface area contributed by atoms with Crippen molar-refractivity contribution >= 4 is 40.9 Å². The van der Waals surface area contributed by atoms with Crippen LogP contribution >= 0.6 is 11.8 Å². The van der Waals surface area contributed by atoms with E-state index in [1.165, 1.54) is 19.1 Å². The first-order chi connectivity index (χ1) is 16.8. The predicted octanol–water partition coefficient (Wildman–Crippen LogP) is 3.51. The fraction of sp³-hybridized carbons (Fsp3) is 0.577. The summed E-state index contributed by atoms with van der Waals surface area (Å²) in [5, 5.41) is 6.37. The van der Waals surface area contributed by atoms with Gasteiger partial charge in [-0.1, -0.05) is 30.7 Å². The first kappa shape index (κ1) is 27.1. The molecule has 0 radical (unpaired) electrons. The number of Topliss-reactive ketones (excluding diaryl/α,β-unsaturated/α-hetero) is 4. The molecule has 1 aromatic carbocycles. The third-order valence-corrected chi connectivity index (χ3v) is 7.87. The maximum Gasteiger partial charge on any atom is 0.315 e. The van der Waals surface area contributed by atoms with Crippen molar-refractivity contribution in [1.82, 2.24) is 10.6 Å². The van der Waals surface area contributed by atoms with Gasteiger partial charge in [0, 0.05) is 61.5 Å². The lowest BCUT2D eigenvalue weighted by atomic mass is 10.0. The molecule has 0 aromatic heterocycles. The van der Waals surface area contributed by atoms with Crippen molar-refractivity contribution in [2.24, 2.45) is 0 Å². The molecule has 35 heavy (non-hydrogen) atoms. The molecule has 0 bridgehead atoms. The van der Waals surface area contributed by atoms with Crippen molar-refractivity contribution in [3.63, 3.8) is 0 Å². The maximum atomic E-state index is 12.2. The number of fused-ring (bicyclic) bond motifs is 1. The van der Waals surface area contributed by atoms with Gasteiger partial charge in [0.05, 0.1) is 12.1 Å². The van der Waals surface area contributed by atoms with Gasteiger partial charge < -0.3 is 15.4 Å². The normalized spacial score (nSPS) is 20.7. The van der Waals surface area contributed by atoms with Crippen LogP contribution in [0.3, 0.4) is 0 Å². The van der Waals surface area contributed by atoms with Crippen LogP contribution in [0.15, 0.2) is 24.3 Å². The summed E-state index contributed by atoms with van der Waals surface area (Å²) in [4.78, 5) is 58.5. The fourth-order valence-corrected chi connectivity index (χ4v) is 5.94. The van der Waals surface area contributed by atoms with Crippen LogP contribution < -0.4 is 10.6 Å². The highest BCUT2D eigenvalue weighted by Gasteiger charge is 2.42. The van der Waals surface area contributed by atoms with Crippen LogP contribution in [-0.2, 0) is 14.3 Å². The Morgan fingerprint density at radius 1 is 0.914 bits per heavy atom. The van der Waals surface area contributed by atoms with Crippen molar-refractivity contribution in [3.8, 4) is 0 Å². The van der Waals surface area contributed by atoms with Crippen LogP contribution in [0.25, 0.3) is 0 Å². The second-order valence-electron chi connectivity index (χ2n) is 9.11. The molecule has 8 nitrogen and oxygen atoms in total. The Morgan fingerprint density at radius 3 is 2.29 bits per heavy atom. The van der Waals surface area contributed by atoms with Crippen molar-refractivity contribution in [2.45, 2.75) is 75.6 Å². The Labute approximate surface area is 210 Å². The van der Waals surface area contributed by atoms with Gasteiger partial charge in [0.15, 0.2) is 11.6 Å². The highest BCUT2D eigenvalue weighted by atomic mass is 32.2. The number of nitrogens with one attached hydrogen (secondary N) is 2. The lowest BCUT2D eigenvalue weighted by Crippen LogP contribution is -2.36. The van der Waals surface area contributed by atoms with Gasteiger partial charge in [-0.25, -0.2) is 4.79 Å². The van der Waals surface area contributed by atoms with Gasteiger partial charge in [-0.15, -0.1) is 0 Å². The highest BCUT2D eigenvalue weighted by Crippen LogP contribution is 2.33. The van der Waals surface area contributed by atoms with E-state index in [1.807, 2.05) is 11.8 Å². The molecular formula is C26H34N2O6S. The van der Waals surface area contributed by atoms with E-state index in [1.54, 1.807) is 12.1 Å². The summed E-state index contributed by atoms with van der Waals surface area (Å²) in [7, 11) is 0. The minimum absolute atomic E-state index is 0.0382. The SMILES string of the molecule is CC(=O)C(=O)c1ccc(C(=O)CCCOCCCC(=O)CCCCC2SCC3NC(=O)NC32)cc1. The summed E-state index contributed by atoms with van der Waals surface area (Å²) in [5.41, 5.74) is 0.793. The van der Waals surface area contributed by atoms with Crippen LogP contribution in [0.2, 0.25) is 0 Å². The van der Waals surface area contributed by atoms with E-state index in [9.17, 15) is 24.0 Å². The highest BCUT2D eigenvalue weighted by molar-refractivity contribution is 8.00. The Balaban J connectivity index is 1.17. The molecule has 2 heterocycles. The topological polar surface area (TPSA) is 119 Å². The van der Waals surface area contributed by atoms with Crippen LogP contribution in [0.5, 0.6) is 0 Å². The lowest BCUT2D eigenvalue weighted by Gasteiger charge is -2.16. The van der Waals surface area contributed by atoms with Crippen LogP contribution in [0, 0.1) is 0 Å². The standard InChI is InChI=1S/C26H34N2O6S/c1-17(29)25(32)19-12-10-18(11-13-19)22(31)8-5-15-34-14-4-7-20(30)6-2-3-9-23-24-21(16-35-23)27-26(33)28-24/h10-13,21,23-24H,2-9,14-16H2,1H3,(H2,27,28,33). The van der Waals surface area contributed by atoms with Crippen molar-refractivity contribution in [2.75, 3.05) is 19.0 Å². The van der Waals surface area contributed by atoms with Crippen molar-refractivity contribution < 1.29 is 28.7 Å². The molecule has 0 saturated carbocycles. The molecule has 2 amide bonds. The van der Waals surface area contributed by atoms with Crippen LogP contribution in [-0.4, -0.2) is 65.5 Å². The second kappa shape index (κ2) is 13.5. The zero-order chi connectivity index (χ0) is 25.2. The number of carbonyl (C=O) groups excluding carboxylic acids is 5. The van der Waals surface area contributed by atoms with E-state index in [-0.39, 0.29) is 35.2 Å². The monoisotopic (exact) mass is 502 g/mol. The molecule has 3 rings (SSSR count). The van der Waals surface area contributed by atoms with Gasteiger partial charge in [-0.2, -0.15) is 11.8 Å². The average molecular weight is 503 g/mol. The molecule has 1 aromatic rings. The Morgan fingerprint density at radius 2 is 1.57 bits per heavy atom. The second-order valence-corrected chi connectivity index (χ2v) is 10.4. The molecule has 190 valence electrons. The predicted molar refractivity (Wildman–Crippen MR) is 134 cm³/mol. The summed E-state index contributed by atoms with van der Waals surface area (Å²) in [6.45, 7) is 2.17. The molecule has 3 unspecified atom stereocenters. The van der Waals surface area contributed by atoms with Crippen LogP contribution in [0.1, 0.15) is 79.0 Å². The number of ketones is 4. The zero-order valence-electron chi connectivity index (χ0n) is 20.2. The molecule has 2 aliphatic heterocycles. The van der Waals surface area contributed by atoms with E-state index < -0.39 is 11.6 Å². The van der Waals surface area contributed by atoms with Gasteiger partial charge in [-0.3, -0.25) is 19.2 Å². The van der Waals surface area contributed by atoms with Gasteiger partial charge in [0.2, 0.25) is 5.78 Å². The lowest BCUT2D eigenvalue weighted by molar-refractivity contribution is -0.119. The average Bonchev–Trinajstić information content (AvgIpc) is 3.39. The number of unbranched alkanes of at least 4 members (excludes halogenated alkanes) is 1. The maximum absolute atomic E-state index is 12.2. The van der Waals surface area contributed by atoms with E-state index in [0.717, 1.165) is 25.0 Å². The number of carbonyl (C=O) groups is 5. The van der Waals surface area contributed by atoms with Gasteiger partial charge in [-0.05, 0) is 25.7 Å². The third kappa shape index (κ3) is 8.28. The molecular weight excluding hydrogens is 468 g/mol. The molecule has 2 fully saturated rings. The Bertz CT molecular complexity index is 932. The number of thioether (sulfide) groups is 1. The van der Waals surface area contributed by atoms with E-state index in [2.05, 4.69) is 10.6 Å². The minimum Gasteiger partial charge on any atom is -0.381 e. The summed E-state index contributed by atoms with van der Waals surface area (Å²) >= 11 is 1.90. The Hall–Kier alpha value is -2.52. The zero-order valence-corrected chi connectivity index (χ0v) is 21.0. The minimum atomic E-state index is -0.560.